The van der Waals surface area contributed by atoms with Gasteiger partial charge in [0.2, 0.25) is 0 Å². The van der Waals surface area contributed by atoms with Crippen molar-refractivity contribution in [1.29, 1.82) is 0 Å². The summed E-state index contributed by atoms with van der Waals surface area (Å²) < 4.78 is 6.01. The quantitative estimate of drug-likeness (QED) is 0.626. The summed E-state index contributed by atoms with van der Waals surface area (Å²) in [6.45, 7) is 6.35. The summed E-state index contributed by atoms with van der Waals surface area (Å²) in [6, 6.07) is 18.4. The summed E-state index contributed by atoms with van der Waals surface area (Å²) in [4.78, 5) is 6.69. The Kier molecular flexibility index (Phi) is 4.70. The Balaban J connectivity index is 1.78. The van der Waals surface area contributed by atoms with Crippen molar-refractivity contribution in [2.45, 2.75) is 38.8 Å². The smallest absolute Gasteiger partial charge is 0.174 e. The summed E-state index contributed by atoms with van der Waals surface area (Å²) in [7, 11) is 0. The Labute approximate surface area is 165 Å². The molecule has 2 atom stereocenters. The number of anilines is 1. The average molecular weight is 378 g/mol. The van der Waals surface area contributed by atoms with E-state index in [0.717, 1.165) is 22.9 Å². The van der Waals surface area contributed by atoms with Gasteiger partial charge in [-0.3, -0.25) is 4.98 Å². The van der Waals surface area contributed by atoms with E-state index in [9.17, 15) is 0 Å². The lowest BCUT2D eigenvalue weighted by molar-refractivity contribution is 0.418. The number of hydrogen-bond donors (Lipinski definition) is 1. The molecule has 2 unspecified atom stereocenters. The van der Waals surface area contributed by atoms with E-state index in [1.165, 1.54) is 5.56 Å². The second kappa shape index (κ2) is 7.16. The van der Waals surface area contributed by atoms with E-state index < -0.39 is 0 Å². The minimum Gasteiger partial charge on any atom is -0.464 e. The van der Waals surface area contributed by atoms with E-state index >= 15 is 0 Å². The predicted molar refractivity (Wildman–Crippen MR) is 112 cm³/mol. The molecule has 0 radical (unpaired) electrons. The molecule has 1 N–H and O–H groups in total. The molecule has 27 heavy (non-hydrogen) atoms. The van der Waals surface area contributed by atoms with Gasteiger partial charge in [-0.05, 0) is 67.0 Å². The first-order valence-electron chi connectivity index (χ1n) is 9.21. The van der Waals surface area contributed by atoms with Crippen LogP contribution in [0.4, 0.5) is 5.69 Å². The zero-order valence-electron chi connectivity index (χ0n) is 15.7. The van der Waals surface area contributed by atoms with Crippen LogP contribution in [0.5, 0.6) is 0 Å². The Bertz CT molecular complexity index is 934. The number of rotatable bonds is 4. The molecule has 4 rings (SSSR count). The van der Waals surface area contributed by atoms with Crippen molar-refractivity contribution in [3.63, 3.8) is 0 Å². The van der Waals surface area contributed by atoms with Crippen molar-refractivity contribution in [3.8, 4) is 0 Å². The summed E-state index contributed by atoms with van der Waals surface area (Å²) in [6.07, 6.45) is 1.81. The third-order valence-corrected chi connectivity index (χ3v) is 5.30. The van der Waals surface area contributed by atoms with Gasteiger partial charge in [-0.2, -0.15) is 0 Å². The minimum atomic E-state index is -0.0917. The molecule has 138 valence electrons. The Hall–Kier alpha value is -2.66. The van der Waals surface area contributed by atoms with Gasteiger partial charge in [0.1, 0.15) is 17.6 Å². The number of pyridine rings is 1. The lowest BCUT2D eigenvalue weighted by Gasteiger charge is -2.26. The molecule has 1 saturated heterocycles. The number of hydrogen-bond acceptors (Lipinski definition) is 3. The van der Waals surface area contributed by atoms with E-state index in [0.29, 0.717) is 11.0 Å². The van der Waals surface area contributed by atoms with Gasteiger partial charge in [0.25, 0.3) is 0 Å². The van der Waals surface area contributed by atoms with Gasteiger partial charge in [0.05, 0.1) is 11.7 Å². The fraction of sp³-hybridized carbons (Fsp3) is 0.273. The fourth-order valence-corrected chi connectivity index (χ4v) is 3.90. The van der Waals surface area contributed by atoms with Crippen molar-refractivity contribution >= 4 is 23.0 Å². The molecule has 4 nitrogen and oxygen atoms in total. The van der Waals surface area contributed by atoms with Crippen LogP contribution < -0.4 is 10.2 Å². The first kappa shape index (κ1) is 17.7. The van der Waals surface area contributed by atoms with Crippen molar-refractivity contribution in [3.05, 3.63) is 83.6 Å². The van der Waals surface area contributed by atoms with Gasteiger partial charge >= 0.3 is 0 Å². The number of aromatic nitrogens is 1. The SMILES string of the molecule is Cc1ccc(C2C(c3ccccn3)NC(=S)N2c2ccc(C(C)C)cc2)o1. The van der Waals surface area contributed by atoms with E-state index in [1.807, 2.05) is 43.5 Å². The van der Waals surface area contributed by atoms with Gasteiger partial charge in [-0.1, -0.05) is 32.0 Å². The van der Waals surface area contributed by atoms with E-state index in [1.54, 1.807) is 0 Å². The second-order valence-corrected chi connectivity index (χ2v) is 7.58. The lowest BCUT2D eigenvalue weighted by Crippen LogP contribution is -2.29. The fourth-order valence-electron chi connectivity index (χ4n) is 3.55. The number of benzene rings is 1. The second-order valence-electron chi connectivity index (χ2n) is 7.19. The first-order valence-corrected chi connectivity index (χ1v) is 9.62. The first-order chi connectivity index (χ1) is 13.0. The molecule has 1 aliphatic heterocycles. The summed E-state index contributed by atoms with van der Waals surface area (Å²) in [5.74, 6) is 2.26. The molecule has 0 spiro atoms. The van der Waals surface area contributed by atoms with Gasteiger partial charge in [0, 0.05) is 11.9 Å². The molecule has 0 aliphatic carbocycles. The largest absolute Gasteiger partial charge is 0.464 e. The molecular weight excluding hydrogens is 354 g/mol. The van der Waals surface area contributed by atoms with Crippen LogP contribution in [0.2, 0.25) is 0 Å². The van der Waals surface area contributed by atoms with E-state index in [-0.39, 0.29) is 12.1 Å². The van der Waals surface area contributed by atoms with Crippen molar-refractivity contribution in [2.24, 2.45) is 0 Å². The Morgan fingerprint density at radius 2 is 1.85 bits per heavy atom. The van der Waals surface area contributed by atoms with Crippen LogP contribution in [0.25, 0.3) is 0 Å². The molecule has 0 amide bonds. The molecule has 1 aromatic carbocycles. The summed E-state index contributed by atoms with van der Waals surface area (Å²) in [5, 5.41) is 4.13. The lowest BCUT2D eigenvalue weighted by atomic mass is 10.0. The number of nitrogens with zero attached hydrogens (tertiary/aromatic N) is 2. The third-order valence-electron chi connectivity index (χ3n) is 4.99. The number of thiocarbonyl (C=S) groups is 1. The van der Waals surface area contributed by atoms with Crippen molar-refractivity contribution in [1.82, 2.24) is 10.3 Å². The molecule has 2 aromatic heterocycles. The highest BCUT2D eigenvalue weighted by Gasteiger charge is 2.42. The molecule has 0 bridgehead atoms. The van der Waals surface area contributed by atoms with Crippen LogP contribution >= 0.6 is 12.2 Å². The third kappa shape index (κ3) is 3.35. The van der Waals surface area contributed by atoms with Crippen LogP contribution in [0, 0.1) is 6.92 Å². The van der Waals surface area contributed by atoms with Gasteiger partial charge in [0.15, 0.2) is 5.11 Å². The Morgan fingerprint density at radius 3 is 2.44 bits per heavy atom. The zero-order chi connectivity index (χ0) is 19.0. The van der Waals surface area contributed by atoms with Crippen LogP contribution in [0.15, 0.2) is 65.2 Å². The Morgan fingerprint density at radius 1 is 1.07 bits per heavy atom. The predicted octanol–water partition coefficient (Wildman–Crippen LogP) is 5.28. The highest BCUT2D eigenvalue weighted by molar-refractivity contribution is 7.80. The van der Waals surface area contributed by atoms with Crippen LogP contribution in [-0.4, -0.2) is 10.1 Å². The van der Waals surface area contributed by atoms with Crippen LogP contribution in [0.1, 0.15) is 54.6 Å². The summed E-state index contributed by atoms with van der Waals surface area (Å²) in [5.41, 5.74) is 3.30. The normalized spacial score (nSPS) is 19.6. The van der Waals surface area contributed by atoms with Crippen molar-refractivity contribution < 1.29 is 4.42 Å². The maximum Gasteiger partial charge on any atom is 0.174 e. The maximum atomic E-state index is 6.01. The number of nitrogens with one attached hydrogen (secondary N) is 1. The van der Waals surface area contributed by atoms with Crippen LogP contribution in [-0.2, 0) is 0 Å². The van der Waals surface area contributed by atoms with Gasteiger partial charge < -0.3 is 14.6 Å². The van der Waals surface area contributed by atoms with Gasteiger partial charge in [-0.25, -0.2) is 0 Å². The highest BCUT2D eigenvalue weighted by Crippen LogP contribution is 2.42. The van der Waals surface area contributed by atoms with E-state index in [2.05, 4.69) is 53.3 Å². The molecule has 1 aliphatic rings. The molecule has 3 heterocycles. The minimum absolute atomic E-state index is 0.0750. The molecule has 1 fully saturated rings. The number of furan rings is 1. The highest BCUT2D eigenvalue weighted by atomic mass is 32.1. The monoisotopic (exact) mass is 377 g/mol. The van der Waals surface area contributed by atoms with Gasteiger partial charge in [-0.15, -0.1) is 0 Å². The summed E-state index contributed by atoms with van der Waals surface area (Å²) >= 11 is 5.71. The molecular formula is C22H23N3OS. The molecule has 0 saturated carbocycles. The standard InChI is InChI=1S/C22H23N3OS/c1-14(2)16-8-10-17(11-9-16)25-21(19-12-7-15(3)26-19)20(24-22(25)27)18-6-4-5-13-23-18/h4-14,20-21H,1-3H3,(H,24,27). The zero-order valence-corrected chi connectivity index (χ0v) is 16.5. The van der Waals surface area contributed by atoms with Crippen molar-refractivity contribution in [2.75, 3.05) is 4.90 Å². The average Bonchev–Trinajstić information content (AvgIpc) is 3.25. The van der Waals surface area contributed by atoms with E-state index in [4.69, 9.17) is 16.6 Å². The molecule has 5 heteroatoms. The number of aryl methyl sites for hydroxylation is 1. The maximum absolute atomic E-state index is 6.01. The van der Waals surface area contributed by atoms with Crippen LogP contribution in [0.3, 0.4) is 0 Å². The molecule has 3 aromatic rings. The topological polar surface area (TPSA) is 41.3 Å².